The van der Waals surface area contributed by atoms with Gasteiger partial charge in [-0.2, -0.15) is 0 Å². The summed E-state index contributed by atoms with van der Waals surface area (Å²) in [5.41, 5.74) is 0.832. The number of carbonyl (C=O) groups excluding carboxylic acids is 3. The van der Waals surface area contributed by atoms with Gasteiger partial charge in [-0.05, 0) is 48.2 Å². The molecule has 3 rings (SSSR count). The summed E-state index contributed by atoms with van der Waals surface area (Å²) < 4.78 is 37.7. The van der Waals surface area contributed by atoms with E-state index in [0.29, 0.717) is 13.0 Å². The highest BCUT2D eigenvalue weighted by Gasteiger charge is 2.31. The molecular weight excluding hydrogens is 554 g/mol. The van der Waals surface area contributed by atoms with Crippen molar-refractivity contribution in [1.82, 2.24) is 4.90 Å². The number of fused-ring (bicyclic) bond motifs is 1. The monoisotopic (exact) mass is 595 g/mol. The molecule has 0 saturated carbocycles. The first-order chi connectivity index (χ1) is 20.2. The topological polar surface area (TPSA) is 107 Å². The van der Waals surface area contributed by atoms with Gasteiger partial charge in [0.05, 0.1) is 29.6 Å². The highest BCUT2D eigenvalue weighted by molar-refractivity contribution is 7.91. The molecular formula is C33H41NO7S. The highest BCUT2D eigenvalue weighted by Crippen LogP contribution is 2.24. The first kappa shape index (κ1) is 32.8. The van der Waals surface area contributed by atoms with Crippen molar-refractivity contribution in [1.29, 1.82) is 0 Å². The predicted molar refractivity (Wildman–Crippen MR) is 162 cm³/mol. The van der Waals surface area contributed by atoms with Gasteiger partial charge in [0.15, 0.2) is 9.84 Å². The highest BCUT2D eigenvalue weighted by atomic mass is 32.2. The first-order valence-corrected chi connectivity index (χ1v) is 16.2. The summed E-state index contributed by atoms with van der Waals surface area (Å²) in [6.45, 7) is 4.59. The second kappa shape index (κ2) is 16.7. The number of rotatable bonds is 17. The maximum absolute atomic E-state index is 13.9. The molecule has 0 saturated heterocycles. The van der Waals surface area contributed by atoms with Gasteiger partial charge in [-0.1, -0.05) is 80.4 Å². The third-order valence-corrected chi connectivity index (χ3v) is 8.84. The van der Waals surface area contributed by atoms with E-state index in [-0.39, 0.29) is 43.9 Å². The summed E-state index contributed by atoms with van der Waals surface area (Å²) in [7, 11) is -3.89. The van der Waals surface area contributed by atoms with Crippen molar-refractivity contribution >= 4 is 38.5 Å². The van der Waals surface area contributed by atoms with Crippen LogP contribution >= 0.6 is 0 Å². The van der Waals surface area contributed by atoms with Crippen LogP contribution in [0, 0.1) is 5.92 Å². The largest absolute Gasteiger partial charge is 0.466 e. The van der Waals surface area contributed by atoms with Crippen molar-refractivity contribution in [3.05, 3.63) is 78.4 Å². The lowest BCUT2D eigenvalue weighted by Crippen LogP contribution is -2.41. The Balaban J connectivity index is 1.80. The Kier molecular flexibility index (Phi) is 13.0. The van der Waals surface area contributed by atoms with Gasteiger partial charge in [0.2, 0.25) is 5.91 Å². The van der Waals surface area contributed by atoms with E-state index < -0.39 is 39.4 Å². The zero-order chi connectivity index (χ0) is 30.4. The van der Waals surface area contributed by atoms with Crippen LogP contribution in [-0.4, -0.2) is 56.6 Å². The molecule has 8 nitrogen and oxygen atoms in total. The van der Waals surface area contributed by atoms with Gasteiger partial charge in [-0.3, -0.25) is 14.4 Å². The summed E-state index contributed by atoms with van der Waals surface area (Å²) >= 11 is 0. The molecule has 9 heteroatoms. The van der Waals surface area contributed by atoms with Crippen LogP contribution in [0.25, 0.3) is 10.8 Å². The molecule has 3 aromatic rings. The molecule has 0 aromatic heterocycles. The van der Waals surface area contributed by atoms with Crippen molar-refractivity contribution in [3.63, 3.8) is 0 Å². The smallest absolute Gasteiger partial charge is 0.307 e. The number of hydrogen-bond donors (Lipinski definition) is 0. The third-order valence-electron chi connectivity index (χ3n) is 7.02. The van der Waals surface area contributed by atoms with Crippen molar-refractivity contribution in [2.24, 2.45) is 5.92 Å². The third kappa shape index (κ3) is 10.3. The van der Waals surface area contributed by atoms with Crippen LogP contribution in [-0.2, 0) is 40.3 Å². The molecule has 0 heterocycles. The van der Waals surface area contributed by atoms with E-state index in [4.69, 9.17) is 9.47 Å². The number of esters is 2. The van der Waals surface area contributed by atoms with E-state index >= 15 is 0 Å². The lowest BCUT2D eigenvalue weighted by atomic mass is 10.0. The zero-order valence-corrected chi connectivity index (χ0v) is 25.3. The molecule has 1 atom stereocenters. The van der Waals surface area contributed by atoms with Gasteiger partial charge in [-0.25, -0.2) is 8.42 Å². The van der Waals surface area contributed by atoms with Crippen molar-refractivity contribution in [2.45, 2.75) is 63.9 Å². The average Bonchev–Trinajstić information content (AvgIpc) is 3.00. The van der Waals surface area contributed by atoms with E-state index in [9.17, 15) is 22.8 Å². The molecule has 226 valence electrons. The van der Waals surface area contributed by atoms with Gasteiger partial charge < -0.3 is 14.4 Å². The fourth-order valence-electron chi connectivity index (χ4n) is 4.70. The second-order valence-electron chi connectivity index (χ2n) is 10.3. The zero-order valence-electron chi connectivity index (χ0n) is 24.5. The Bertz CT molecular complexity index is 1420. The molecule has 0 fully saturated rings. The molecule has 1 unspecified atom stereocenters. The molecule has 0 aliphatic heterocycles. The Morgan fingerprint density at radius 3 is 2.19 bits per heavy atom. The summed E-state index contributed by atoms with van der Waals surface area (Å²) in [5, 5.41) is 1.69. The van der Waals surface area contributed by atoms with Crippen molar-refractivity contribution < 1.29 is 32.3 Å². The van der Waals surface area contributed by atoms with E-state index in [2.05, 4.69) is 0 Å². The molecule has 3 aromatic carbocycles. The molecule has 0 aliphatic carbocycles. The Morgan fingerprint density at radius 2 is 1.48 bits per heavy atom. The number of ether oxygens (including phenoxy) is 2. The van der Waals surface area contributed by atoms with Gasteiger partial charge in [0, 0.05) is 19.5 Å². The minimum Gasteiger partial charge on any atom is -0.466 e. The van der Waals surface area contributed by atoms with Crippen LogP contribution < -0.4 is 0 Å². The maximum Gasteiger partial charge on any atom is 0.307 e. The fraction of sp³-hybridized carbons (Fsp3) is 0.424. The fourth-order valence-corrected chi connectivity index (χ4v) is 6.32. The Hall–Kier alpha value is -3.72. The number of amides is 1. The Morgan fingerprint density at radius 1 is 0.786 bits per heavy atom. The molecule has 1 amide bonds. The number of carbonyl (C=O) groups is 3. The van der Waals surface area contributed by atoms with E-state index in [1.807, 2.05) is 61.5 Å². The number of sulfone groups is 1. The van der Waals surface area contributed by atoms with Gasteiger partial charge >= 0.3 is 11.9 Å². The second-order valence-corrected chi connectivity index (χ2v) is 12.3. The number of hydrogen-bond acceptors (Lipinski definition) is 7. The van der Waals surface area contributed by atoms with Crippen LogP contribution in [0.15, 0.2) is 77.7 Å². The molecule has 0 radical (unpaired) electrons. The summed E-state index contributed by atoms with van der Waals surface area (Å²) in [6, 6.07) is 21.6. The SMILES string of the molecule is CCCCCN(CCC(=O)OCC)C(=O)C(CCC(=O)OCc1ccccc1)CS(=O)(=O)c1ccc2ccccc2c1. The lowest BCUT2D eigenvalue weighted by Gasteiger charge is -2.27. The normalized spacial score (nSPS) is 12.0. The van der Waals surface area contributed by atoms with E-state index in [1.165, 1.54) is 0 Å². The number of benzene rings is 3. The van der Waals surface area contributed by atoms with Crippen LogP contribution in [0.1, 0.15) is 57.9 Å². The van der Waals surface area contributed by atoms with Crippen LogP contribution in [0.3, 0.4) is 0 Å². The molecule has 0 spiro atoms. The predicted octanol–water partition coefficient (Wildman–Crippen LogP) is 5.73. The molecule has 0 bridgehead atoms. The maximum atomic E-state index is 13.9. The minimum atomic E-state index is -3.89. The van der Waals surface area contributed by atoms with Crippen LogP contribution in [0.4, 0.5) is 0 Å². The van der Waals surface area contributed by atoms with Gasteiger partial charge in [0.1, 0.15) is 6.61 Å². The molecule has 0 aliphatic rings. The summed E-state index contributed by atoms with van der Waals surface area (Å²) in [5.74, 6) is -2.77. The molecule has 0 N–H and O–H groups in total. The number of nitrogens with zero attached hydrogens (tertiary/aromatic N) is 1. The van der Waals surface area contributed by atoms with Gasteiger partial charge in [0.25, 0.3) is 0 Å². The number of unbranched alkanes of at least 4 members (excludes halogenated alkanes) is 2. The average molecular weight is 596 g/mol. The van der Waals surface area contributed by atoms with E-state index in [0.717, 1.165) is 29.2 Å². The summed E-state index contributed by atoms with van der Waals surface area (Å²) in [6.07, 6.45) is 2.44. The van der Waals surface area contributed by atoms with Crippen LogP contribution in [0.5, 0.6) is 0 Å². The van der Waals surface area contributed by atoms with Crippen molar-refractivity contribution in [3.8, 4) is 0 Å². The minimum absolute atomic E-state index is 0.00293. The summed E-state index contributed by atoms with van der Waals surface area (Å²) in [4.78, 5) is 40.3. The molecule has 42 heavy (non-hydrogen) atoms. The van der Waals surface area contributed by atoms with E-state index in [1.54, 1.807) is 30.0 Å². The van der Waals surface area contributed by atoms with Crippen LogP contribution in [0.2, 0.25) is 0 Å². The Labute approximate surface area is 248 Å². The quantitative estimate of drug-likeness (QED) is 0.145. The van der Waals surface area contributed by atoms with Crippen molar-refractivity contribution in [2.75, 3.05) is 25.4 Å². The van der Waals surface area contributed by atoms with Gasteiger partial charge in [-0.15, -0.1) is 0 Å². The standard InChI is InChI=1S/C33H41NO7S/c1-3-5-11-21-34(22-20-32(36)40-4-2)33(37)29(17-19-31(35)41-24-26-12-7-6-8-13-26)25-42(38,39)30-18-16-27-14-9-10-15-28(27)23-30/h6-10,12-16,18,23,29H,3-5,11,17,19-22,24-25H2,1-2H3. The first-order valence-electron chi connectivity index (χ1n) is 14.6. The lowest BCUT2D eigenvalue weighted by molar-refractivity contribution is -0.145.